The number of benzene rings is 2. The number of amides is 2. The Kier molecular flexibility index (Phi) is 3.70. The Morgan fingerprint density at radius 1 is 0.833 bits per heavy atom. The van der Waals surface area contributed by atoms with Gasteiger partial charge in [0.1, 0.15) is 5.76 Å². The van der Waals surface area contributed by atoms with E-state index in [9.17, 15) is 9.59 Å². The molecule has 2 aromatic carbocycles. The van der Waals surface area contributed by atoms with Gasteiger partial charge in [-0.15, -0.1) is 11.8 Å². The highest BCUT2D eigenvalue weighted by Gasteiger charge is 2.36. The molecule has 3 aromatic rings. The van der Waals surface area contributed by atoms with Gasteiger partial charge in [0.15, 0.2) is 0 Å². The Labute approximate surface area is 143 Å². The maximum atomic E-state index is 12.5. The molecule has 24 heavy (non-hydrogen) atoms. The number of carbonyl (C=O) groups is 2. The molecule has 118 valence electrons. The maximum absolute atomic E-state index is 12.5. The minimum absolute atomic E-state index is 0.272. The van der Waals surface area contributed by atoms with Crippen molar-refractivity contribution in [2.75, 3.05) is 4.90 Å². The van der Waals surface area contributed by atoms with Crippen molar-refractivity contribution in [2.45, 2.75) is 10.6 Å². The monoisotopic (exact) mass is 335 g/mol. The summed E-state index contributed by atoms with van der Waals surface area (Å²) < 4.78 is 5.31. The number of anilines is 1. The van der Waals surface area contributed by atoms with Crippen molar-refractivity contribution < 1.29 is 14.0 Å². The molecule has 0 saturated carbocycles. The van der Waals surface area contributed by atoms with Crippen molar-refractivity contribution in [1.82, 2.24) is 0 Å². The molecule has 0 radical (unpaired) electrons. The van der Waals surface area contributed by atoms with E-state index in [0.29, 0.717) is 16.8 Å². The van der Waals surface area contributed by atoms with Crippen LogP contribution in [-0.2, 0) is 5.75 Å². The molecule has 1 aliphatic rings. The zero-order chi connectivity index (χ0) is 16.5. The second-order valence-electron chi connectivity index (χ2n) is 5.35. The molecular formula is C19H13NO3S. The lowest BCUT2D eigenvalue weighted by atomic mass is 10.1. The number of furan rings is 1. The summed E-state index contributed by atoms with van der Waals surface area (Å²) >= 11 is 1.64. The Morgan fingerprint density at radius 2 is 1.50 bits per heavy atom. The lowest BCUT2D eigenvalue weighted by Crippen LogP contribution is -2.29. The third kappa shape index (κ3) is 2.53. The number of thioether (sulfide) groups is 1. The molecule has 5 heteroatoms. The molecule has 2 amide bonds. The average Bonchev–Trinajstić information content (AvgIpc) is 3.22. The van der Waals surface area contributed by atoms with Gasteiger partial charge in [-0.05, 0) is 48.5 Å². The van der Waals surface area contributed by atoms with Gasteiger partial charge in [0.2, 0.25) is 0 Å². The third-order valence-electron chi connectivity index (χ3n) is 3.85. The summed E-state index contributed by atoms with van der Waals surface area (Å²) in [5, 5.41) is 0. The van der Waals surface area contributed by atoms with Gasteiger partial charge in [0.05, 0.1) is 28.8 Å². The first-order valence-corrected chi connectivity index (χ1v) is 8.45. The third-order valence-corrected chi connectivity index (χ3v) is 4.88. The Bertz CT molecular complexity index is 866. The zero-order valence-corrected chi connectivity index (χ0v) is 13.5. The van der Waals surface area contributed by atoms with Gasteiger partial charge in [-0.3, -0.25) is 9.59 Å². The Morgan fingerprint density at radius 3 is 2.08 bits per heavy atom. The second kappa shape index (κ2) is 6.02. The molecule has 0 N–H and O–H groups in total. The summed E-state index contributed by atoms with van der Waals surface area (Å²) in [6.45, 7) is 0. The lowest BCUT2D eigenvalue weighted by Gasteiger charge is -2.14. The fourth-order valence-corrected chi connectivity index (χ4v) is 3.47. The van der Waals surface area contributed by atoms with Crippen molar-refractivity contribution in [1.29, 1.82) is 0 Å². The fraction of sp³-hybridized carbons (Fsp3) is 0.0526. The number of fused-ring (bicyclic) bond motifs is 1. The number of imide groups is 1. The second-order valence-corrected chi connectivity index (χ2v) is 6.40. The van der Waals surface area contributed by atoms with Crippen LogP contribution >= 0.6 is 11.8 Å². The molecule has 0 aliphatic carbocycles. The van der Waals surface area contributed by atoms with Crippen LogP contribution < -0.4 is 4.90 Å². The van der Waals surface area contributed by atoms with Crippen LogP contribution in [0.1, 0.15) is 26.5 Å². The first-order chi connectivity index (χ1) is 11.7. The summed E-state index contributed by atoms with van der Waals surface area (Å²) in [5.74, 6) is 1.10. The van der Waals surface area contributed by atoms with Gasteiger partial charge in [0, 0.05) is 4.90 Å². The van der Waals surface area contributed by atoms with Gasteiger partial charge in [-0.25, -0.2) is 4.90 Å². The molecule has 4 nitrogen and oxygen atoms in total. The number of rotatable bonds is 4. The predicted molar refractivity (Wildman–Crippen MR) is 92.3 cm³/mol. The quantitative estimate of drug-likeness (QED) is 0.525. The molecule has 4 rings (SSSR count). The minimum atomic E-state index is -0.272. The first-order valence-electron chi connectivity index (χ1n) is 7.47. The van der Waals surface area contributed by atoms with Gasteiger partial charge in [0.25, 0.3) is 11.8 Å². The predicted octanol–water partition coefficient (Wildman–Crippen LogP) is 4.37. The maximum Gasteiger partial charge on any atom is 0.266 e. The summed E-state index contributed by atoms with van der Waals surface area (Å²) in [6, 6.07) is 18.1. The molecule has 0 saturated heterocycles. The molecule has 0 unspecified atom stereocenters. The van der Waals surface area contributed by atoms with Crippen molar-refractivity contribution in [3.8, 4) is 0 Å². The highest BCUT2D eigenvalue weighted by molar-refractivity contribution is 7.98. The van der Waals surface area contributed by atoms with Crippen LogP contribution in [-0.4, -0.2) is 11.8 Å². The van der Waals surface area contributed by atoms with E-state index in [1.165, 1.54) is 4.90 Å². The van der Waals surface area contributed by atoms with E-state index in [0.717, 1.165) is 16.4 Å². The molecule has 0 spiro atoms. The van der Waals surface area contributed by atoms with E-state index in [4.69, 9.17) is 4.42 Å². The number of nitrogens with zero attached hydrogens (tertiary/aromatic N) is 1. The van der Waals surface area contributed by atoms with Gasteiger partial charge in [-0.1, -0.05) is 12.1 Å². The van der Waals surface area contributed by atoms with E-state index in [1.54, 1.807) is 54.4 Å². The number of hydrogen-bond acceptors (Lipinski definition) is 4. The van der Waals surface area contributed by atoms with E-state index in [1.807, 2.05) is 24.3 Å². The molecule has 1 aliphatic heterocycles. The van der Waals surface area contributed by atoms with Crippen LogP contribution in [0, 0.1) is 0 Å². The normalized spacial score (nSPS) is 13.4. The summed E-state index contributed by atoms with van der Waals surface area (Å²) in [6.07, 6.45) is 1.65. The topological polar surface area (TPSA) is 50.5 Å². The van der Waals surface area contributed by atoms with E-state index in [-0.39, 0.29) is 11.8 Å². The van der Waals surface area contributed by atoms with Crippen LogP contribution in [0.4, 0.5) is 5.69 Å². The number of hydrogen-bond donors (Lipinski definition) is 0. The highest BCUT2D eigenvalue weighted by Crippen LogP contribution is 2.30. The summed E-state index contributed by atoms with van der Waals surface area (Å²) in [5.41, 5.74) is 1.50. The van der Waals surface area contributed by atoms with Gasteiger partial charge in [-0.2, -0.15) is 0 Å². The summed E-state index contributed by atoms with van der Waals surface area (Å²) in [4.78, 5) is 27.2. The van der Waals surface area contributed by atoms with Crippen molar-refractivity contribution in [3.63, 3.8) is 0 Å². The summed E-state index contributed by atoms with van der Waals surface area (Å²) in [7, 11) is 0. The average molecular weight is 335 g/mol. The largest absolute Gasteiger partial charge is 0.468 e. The van der Waals surface area contributed by atoms with Crippen molar-refractivity contribution >= 4 is 29.3 Å². The van der Waals surface area contributed by atoms with Crippen LogP contribution in [0.2, 0.25) is 0 Å². The van der Waals surface area contributed by atoms with Gasteiger partial charge < -0.3 is 4.42 Å². The molecule has 2 heterocycles. The van der Waals surface area contributed by atoms with Crippen molar-refractivity contribution in [3.05, 3.63) is 83.8 Å². The molecule has 0 fully saturated rings. The molecular weight excluding hydrogens is 322 g/mol. The van der Waals surface area contributed by atoms with Crippen LogP contribution in [0.15, 0.2) is 76.2 Å². The van der Waals surface area contributed by atoms with E-state index in [2.05, 4.69) is 0 Å². The van der Waals surface area contributed by atoms with E-state index >= 15 is 0 Å². The van der Waals surface area contributed by atoms with Gasteiger partial charge >= 0.3 is 0 Å². The smallest absolute Gasteiger partial charge is 0.266 e. The molecule has 0 bridgehead atoms. The van der Waals surface area contributed by atoms with Crippen LogP contribution in [0.3, 0.4) is 0 Å². The lowest BCUT2D eigenvalue weighted by molar-refractivity contribution is 0.0926. The fourth-order valence-electron chi connectivity index (χ4n) is 2.66. The molecule has 1 aromatic heterocycles. The minimum Gasteiger partial charge on any atom is -0.468 e. The SMILES string of the molecule is O=C1c2ccccc2C(=O)N1c1ccc(SCc2ccco2)cc1. The van der Waals surface area contributed by atoms with E-state index < -0.39 is 0 Å². The Hall–Kier alpha value is -2.79. The Balaban J connectivity index is 1.53. The van der Waals surface area contributed by atoms with Crippen LogP contribution in [0.25, 0.3) is 0 Å². The van der Waals surface area contributed by atoms with Crippen LogP contribution in [0.5, 0.6) is 0 Å². The molecule has 0 atom stereocenters. The highest BCUT2D eigenvalue weighted by atomic mass is 32.2. The zero-order valence-electron chi connectivity index (χ0n) is 12.6. The standard InChI is InChI=1S/C19H13NO3S/c21-18-16-5-1-2-6-17(16)19(22)20(18)13-7-9-15(10-8-13)24-12-14-4-3-11-23-14/h1-11H,12H2. The van der Waals surface area contributed by atoms with Crippen molar-refractivity contribution in [2.24, 2.45) is 0 Å². The number of carbonyl (C=O) groups excluding carboxylic acids is 2. The first kappa shape index (κ1) is 14.8.